The predicted molar refractivity (Wildman–Crippen MR) is 77.1 cm³/mol. The zero-order valence-electron chi connectivity index (χ0n) is 12.0. The highest BCUT2D eigenvalue weighted by Crippen LogP contribution is 2.32. The number of carbonyl (C=O) groups excluding carboxylic acids is 1. The lowest BCUT2D eigenvalue weighted by molar-refractivity contribution is -0.274. The van der Waals surface area contributed by atoms with E-state index >= 15 is 0 Å². The van der Waals surface area contributed by atoms with E-state index in [4.69, 9.17) is 0 Å². The van der Waals surface area contributed by atoms with Crippen LogP contribution in [-0.4, -0.2) is 35.5 Å². The van der Waals surface area contributed by atoms with Crippen molar-refractivity contribution in [3.63, 3.8) is 0 Å². The number of nitrogens with zero attached hydrogens (tertiary/aromatic N) is 2. The third-order valence-corrected chi connectivity index (χ3v) is 5.43. The average molecular weight is 360 g/mol. The quantitative estimate of drug-likeness (QED) is 0.766. The molecule has 0 radical (unpaired) electrons. The number of hydrogen-bond donors (Lipinski definition) is 0. The molecule has 1 fully saturated rings. The highest BCUT2D eigenvalue weighted by atomic mass is 32.2. The molecule has 128 valence electrons. The van der Waals surface area contributed by atoms with E-state index < -0.39 is 27.4 Å². The molecule has 6 nitrogen and oxygen atoms in total. The summed E-state index contributed by atoms with van der Waals surface area (Å²) in [5.41, 5.74) is 0.413. The van der Waals surface area contributed by atoms with Gasteiger partial charge in [-0.2, -0.15) is 9.19 Å². The van der Waals surface area contributed by atoms with Crippen LogP contribution < -0.4 is 4.74 Å². The Labute approximate surface area is 134 Å². The molecule has 1 aromatic heterocycles. The van der Waals surface area contributed by atoms with E-state index in [-0.39, 0.29) is 16.7 Å². The van der Waals surface area contributed by atoms with Crippen LogP contribution in [0.1, 0.15) is 23.2 Å². The molecule has 10 heteroatoms. The van der Waals surface area contributed by atoms with Crippen molar-refractivity contribution in [2.45, 2.75) is 24.5 Å². The monoisotopic (exact) mass is 360 g/mol. The average Bonchev–Trinajstić information content (AvgIpc) is 3.22. The van der Waals surface area contributed by atoms with Gasteiger partial charge in [0.2, 0.25) is 0 Å². The number of hydrogen-bond acceptors (Lipinski definition) is 5. The first-order valence-corrected chi connectivity index (χ1v) is 8.35. The largest absolute Gasteiger partial charge is 0.573 e. The van der Waals surface area contributed by atoms with Gasteiger partial charge in [0, 0.05) is 11.1 Å². The van der Waals surface area contributed by atoms with Crippen molar-refractivity contribution in [2.75, 3.05) is 0 Å². The molecule has 1 aliphatic rings. The van der Waals surface area contributed by atoms with Crippen LogP contribution in [0.4, 0.5) is 13.2 Å². The van der Waals surface area contributed by atoms with Gasteiger partial charge in [0.15, 0.2) is 0 Å². The van der Waals surface area contributed by atoms with Crippen molar-refractivity contribution in [2.24, 2.45) is 0 Å². The maximum absolute atomic E-state index is 12.4. The Hall–Kier alpha value is -2.36. The lowest BCUT2D eigenvalue weighted by Gasteiger charge is -2.10. The van der Waals surface area contributed by atoms with Crippen molar-refractivity contribution < 1.29 is 31.1 Å². The van der Waals surface area contributed by atoms with E-state index in [2.05, 4.69) is 9.84 Å². The number of aldehydes is 1. The second-order valence-electron chi connectivity index (χ2n) is 5.30. The van der Waals surface area contributed by atoms with Gasteiger partial charge in [-0.1, -0.05) is 0 Å². The molecule has 1 aliphatic carbocycles. The summed E-state index contributed by atoms with van der Waals surface area (Å²) in [6.07, 6.45) is -1.00. The van der Waals surface area contributed by atoms with Crippen molar-refractivity contribution in [3.05, 3.63) is 36.2 Å². The molecule has 3 rings (SSSR count). The molecule has 0 amide bonds. The lowest BCUT2D eigenvalue weighted by atomic mass is 10.1. The lowest BCUT2D eigenvalue weighted by Crippen LogP contribution is -2.17. The van der Waals surface area contributed by atoms with Gasteiger partial charge >= 0.3 is 6.36 Å². The van der Waals surface area contributed by atoms with Crippen LogP contribution in [0.15, 0.2) is 30.6 Å². The molecule has 24 heavy (non-hydrogen) atoms. The second-order valence-corrected chi connectivity index (χ2v) is 7.37. The second kappa shape index (κ2) is 5.62. The third-order valence-electron chi connectivity index (χ3n) is 3.40. The number of aromatic nitrogens is 2. The first-order valence-electron chi connectivity index (χ1n) is 6.84. The first kappa shape index (κ1) is 16.5. The van der Waals surface area contributed by atoms with E-state index in [1.54, 1.807) is 0 Å². The zero-order chi connectivity index (χ0) is 17.5. The molecule has 0 bridgehead atoms. The number of ether oxygens (including phenoxy) is 1. The van der Waals surface area contributed by atoms with Crippen LogP contribution in [-0.2, 0) is 10.0 Å². The van der Waals surface area contributed by atoms with E-state index in [1.807, 2.05) is 0 Å². The van der Waals surface area contributed by atoms with Gasteiger partial charge in [0.05, 0.1) is 17.6 Å². The molecule has 0 saturated heterocycles. The van der Waals surface area contributed by atoms with Crippen LogP contribution in [0.3, 0.4) is 0 Å². The van der Waals surface area contributed by atoms with Crippen LogP contribution in [0, 0.1) is 0 Å². The molecule has 1 heterocycles. The van der Waals surface area contributed by atoms with Crippen LogP contribution in [0.5, 0.6) is 5.75 Å². The van der Waals surface area contributed by atoms with E-state index in [0.717, 1.165) is 16.2 Å². The topological polar surface area (TPSA) is 78.3 Å². The smallest absolute Gasteiger partial charge is 0.406 e. The van der Waals surface area contributed by atoms with E-state index in [0.29, 0.717) is 19.1 Å². The summed E-state index contributed by atoms with van der Waals surface area (Å²) in [5.74, 6) is -0.570. The van der Waals surface area contributed by atoms with Gasteiger partial charge in [-0.25, -0.2) is 8.42 Å². The van der Waals surface area contributed by atoms with Crippen LogP contribution >= 0.6 is 0 Å². The van der Waals surface area contributed by atoms with Crippen molar-refractivity contribution in [1.29, 1.82) is 0 Å². The molecule has 2 aromatic rings. The first-order chi connectivity index (χ1) is 11.2. The van der Waals surface area contributed by atoms with E-state index in [9.17, 15) is 26.4 Å². The Morgan fingerprint density at radius 1 is 1.21 bits per heavy atom. The normalized spacial score (nSPS) is 15.3. The zero-order valence-corrected chi connectivity index (χ0v) is 12.8. The van der Waals surface area contributed by atoms with Gasteiger partial charge in [0.25, 0.3) is 10.0 Å². The predicted octanol–water partition coefficient (Wildman–Crippen LogP) is 2.60. The minimum atomic E-state index is -4.90. The minimum Gasteiger partial charge on any atom is -0.406 e. The Morgan fingerprint density at radius 3 is 2.50 bits per heavy atom. The molecular formula is C14H11F3N2O4S. The molecule has 1 aromatic carbocycles. The number of benzene rings is 1. The number of alkyl halides is 3. The highest BCUT2D eigenvalue weighted by molar-refractivity contribution is 7.90. The standard InChI is InChI=1S/C14H11F3N2O4S/c15-14(16,17)23-12-4-9(8-20)3-10(5-12)11-6-18-19(7-11)24(21,22)13-1-2-13/h3-8,13H,1-2H2. The number of rotatable bonds is 5. The van der Waals surface area contributed by atoms with Gasteiger partial charge in [-0.15, -0.1) is 13.2 Å². The number of halogens is 3. The third kappa shape index (κ3) is 3.42. The summed E-state index contributed by atoms with van der Waals surface area (Å²) in [4.78, 5) is 10.9. The summed E-state index contributed by atoms with van der Waals surface area (Å²) in [7, 11) is -3.58. The molecule has 0 aliphatic heterocycles. The molecule has 0 unspecified atom stereocenters. The molecule has 0 spiro atoms. The molecule has 1 saturated carbocycles. The Kier molecular flexibility index (Phi) is 3.86. The van der Waals surface area contributed by atoms with Crippen LogP contribution in [0.25, 0.3) is 11.1 Å². The Balaban J connectivity index is 1.98. The molecule has 0 atom stereocenters. The van der Waals surface area contributed by atoms with Gasteiger partial charge in [-0.05, 0) is 36.6 Å². The summed E-state index contributed by atoms with van der Waals surface area (Å²) >= 11 is 0. The van der Waals surface area contributed by atoms with E-state index in [1.165, 1.54) is 18.5 Å². The summed E-state index contributed by atoms with van der Waals surface area (Å²) in [6.45, 7) is 0. The fourth-order valence-corrected chi connectivity index (χ4v) is 3.64. The maximum atomic E-state index is 12.4. The Morgan fingerprint density at radius 2 is 1.92 bits per heavy atom. The van der Waals surface area contributed by atoms with Gasteiger partial charge < -0.3 is 4.74 Å². The fourth-order valence-electron chi connectivity index (χ4n) is 2.16. The number of carbonyl (C=O) groups is 1. The van der Waals surface area contributed by atoms with Crippen LogP contribution in [0.2, 0.25) is 0 Å². The molecular weight excluding hydrogens is 349 g/mol. The highest BCUT2D eigenvalue weighted by Gasteiger charge is 2.37. The summed E-state index contributed by atoms with van der Waals surface area (Å²) in [5, 5.41) is 3.29. The van der Waals surface area contributed by atoms with Crippen molar-refractivity contribution >= 4 is 16.3 Å². The fraction of sp³-hybridized carbons (Fsp3) is 0.286. The minimum absolute atomic E-state index is 0.0375. The SMILES string of the molecule is O=Cc1cc(OC(F)(F)F)cc(-c2cnn(S(=O)(=O)C3CC3)c2)c1. The van der Waals surface area contributed by atoms with Gasteiger partial charge in [0.1, 0.15) is 12.0 Å². The van der Waals surface area contributed by atoms with Crippen molar-refractivity contribution in [1.82, 2.24) is 9.19 Å². The Bertz CT molecular complexity index is 886. The molecule has 0 N–H and O–H groups in total. The summed E-state index contributed by atoms with van der Waals surface area (Å²) < 4.78 is 65.9. The van der Waals surface area contributed by atoms with Crippen molar-refractivity contribution in [3.8, 4) is 16.9 Å². The van der Waals surface area contributed by atoms with Gasteiger partial charge in [-0.3, -0.25) is 4.79 Å². The summed E-state index contributed by atoms with van der Waals surface area (Å²) in [6, 6.07) is 3.32. The maximum Gasteiger partial charge on any atom is 0.573 e.